The molecule has 6 bridgehead atoms. The number of nitrogens with zero attached hydrogens (tertiary/aromatic N) is 4. The Kier molecular flexibility index (Phi) is 13.5. The van der Waals surface area contributed by atoms with Gasteiger partial charge < -0.3 is 24.6 Å². The van der Waals surface area contributed by atoms with E-state index in [1.807, 2.05) is 31.9 Å². The number of likely N-dealkylation sites (N-methyl/N-ethyl adjacent to an activating group) is 1. The SMILES string of the molecule is C=CC(=O)N1CC[C@H](CN(C)[C@H](C(=O)N[C@H]2Cc3cc(O)cc(c3)-c3ccc4c(c3)c(c(-c3c(C)cccc3C)n4CC)CC(C)(C)COC(=O)[C@@H]3CCCN(N3)C2=O)C(C)C)C1. The monoisotopic (exact) mass is 859 g/mol. The lowest BCUT2D eigenvalue weighted by atomic mass is 9.83. The maximum atomic E-state index is 14.7. The molecule has 0 saturated carbocycles. The average Bonchev–Trinajstić information content (AvgIpc) is 3.83. The quantitative estimate of drug-likeness (QED) is 0.122. The second-order valence-electron chi connectivity index (χ2n) is 19.3. The number of amides is 3. The molecule has 0 unspecified atom stereocenters. The summed E-state index contributed by atoms with van der Waals surface area (Å²) >= 11 is 0. The van der Waals surface area contributed by atoms with Gasteiger partial charge in [0, 0.05) is 61.0 Å². The first-order chi connectivity index (χ1) is 30.0. The van der Waals surface area contributed by atoms with Crippen molar-refractivity contribution in [2.75, 3.05) is 39.8 Å². The van der Waals surface area contributed by atoms with E-state index in [1.165, 1.54) is 33.3 Å². The normalized spacial score (nSPS) is 21.1. The van der Waals surface area contributed by atoms with Crippen molar-refractivity contribution in [3.63, 3.8) is 0 Å². The summed E-state index contributed by atoms with van der Waals surface area (Å²) < 4.78 is 8.51. The molecule has 7 rings (SSSR count). The fraction of sp³-hybridized carbons (Fsp3) is 0.490. The molecule has 2 fully saturated rings. The zero-order valence-corrected chi connectivity index (χ0v) is 38.4. The van der Waals surface area contributed by atoms with Crippen molar-refractivity contribution < 1.29 is 29.0 Å². The molecule has 4 aromatic rings. The van der Waals surface area contributed by atoms with Crippen molar-refractivity contribution in [2.45, 2.75) is 105 Å². The van der Waals surface area contributed by atoms with Crippen LogP contribution >= 0.6 is 0 Å². The number of nitrogens with one attached hydrogen (secondary N) is 2. The lowest BCUT2D eigenvalue weighted by Gasteiger charge is -2.37. The first-order valence-corrected chi connectivity index (χ1v) is 22.7. The number of aromatic hydroxyl groups is 1. The third-order valence-corrected chi connectivity index (χ3v) is 13.3. The van der Waals surface area contributed by atoms with Crippen LogP contribution < -0.4 is 10.7 Å². The Morgan fingerprint density at radius 1 is 1.05 bits per heavy atom. The third-order valence-electron chi connectivity index (χ3n) is 13.3. The summed E-state index contributed by atoms with van der Waals surface area (Å²) in [7, 11) is 1.92. The molecule has 12 heteroatoms. The Bertz CT molecular complexity index is 2380. The van der Waals surface area contributed by atoms with Gasteiger partial charge in [-0.2, -0.15) is 0 Å². The lowest BCUT2D eigenvalue weighted by Crippen LogP contribution is -2.62. The molecule has 3 aliphatic heterocycles. The molecule has 4 atom stereocenters. The van der Waals surface area contributed by atoms with Gasteiger partial charge in [0.1, 0.15) is 17.8 Å². The molecular formula is C51H66N6O6. The van der Waals surface area contributed by atoms with Crippen molar-refractivity contribution in [3.8, 4) is 28.1 Å². The number of fused-ring (bicyclic) bond motifs is 6. The van der Waals surface area contributed by atoms with E-state index in [1.54, 1.807) is 17.0 Å². The number of phenolic OH excluding ortho intramolecular Hbond substituents is 1. The van der Waals surface area contributed by atoms with Crippen molar-refractivity contribution in [1.82, 2.24) is 30.1 Å². The number of phenols is 1. The standard InChI is InChI=1S/C51H66N6O6/c1-10-44(59)55-21-19-34(29-55)28-54(9)46(31(3)4)48(60)52-42-24-35-22-37(25-38(58)23-35)36-17-18-43-39(26-36)40(47(56(43)11-2)45-32(5)14-12-15-33(45)6)27-51(7,8)30-63-50(62)41-16-13-20-57(53-41)49(42)61/h10,12,14-15,17-18,22-23,25-26,31,34,41-42,46,53,58H,1,11,13,16,19-21,24,27-30H2,2-9H3,(H,52,60)/t34-,41+,42+,46+/m1/s1. The molecule has 336 valence electrons. The number of aromatic nitrogens is 1. The minimum atomic E-state index is -1.03. The van der Waals surface area contributed by atoms with Gasteiger partial charge in [-0.15, -0.1) is 0 Å². The van der Waals surface area contributed by atoms with Gasteiger partial charge in [-0.3, -0.25) is 29.1 Å². The number of likely N-dealkylation sites (tertiary alicyclic amines) is 1. The molecule has 12 nitrogen and oxygen atoms in total. The highest BCUT2D eigenvalue weighted by Crippen LogP contribution is 2.42. The summed E-state index contributed by atoms with van der Waals surface area (Å²) in [5.74, 6) is -1.04. The first-order valence-electron chi connectivity index (χ1n) is 22.7. The molecule has 3 aliphatic rings. The summed E-state index contributed by atoms with van der Waals surface area (Å²) in [5.41, 5.74) is 12.1. The summed E-state index contributed by atoms with van der Waals surface area (Å²) in [6.45, 7) is 21.4. The number of ether oxygens (including phenoxy) is 1. The van der Waals surface area contributed by atoms with Crippen LogP contribution in [0.15, 0.2) is 67.3 Å². The van der Waals surface area contributed by atoms with Crippen molar-refractivity contribution in [2.24, 2.45) is 17.3 Å². The van der Waals surface area contributed by atoms with Crippen LogP contribution in [0, 0.1) is 31.1 Å². The fourth-order valence-electron chi connectivity index (χ4n) is 10.3. The molecule has 3 aromatic carbocycles. The Hall–Kier alpha value is -5.46. The predicted molar refractivity (Wildman–Crippen MR) is 248 cm³/mol. The number of carbonyl (C=O) groups is 4. The van der Waals surface area contributed by atoms with Gasteiger partial charge in [-0.05, 0) is 129 Å². The zero-order valence-electron chi connectivity index (χ0n) is 38.4. The molecule has 0 aliphatic carbocycles. The smallest absolute Gasteiger partial charge is 0.324 e. The van der Waals surface area contributed by atoms with Crippen molar-refractivity contribution in [1.29, 1.82) is 0 Å². The van der Waals surface area contributed by atoms with E-state index in [9.17, 15) is 24.3 Å². The molecule has 0 spiro atoms. The van der Waals surface area contributed by atoms with E-state index >= 15 is 0 Å². The minimum Gasteiger partial charge on any atom is -0.508 e. The number of esters is 1. The Morgan fingerprint density at radius 3 is 2.49 bits per heavy atom. The van der Waals surface area contributed by atoms with Gasteiger partial charge in [-0.1, -0.05) is 64.6 Å². The number of rotatable bonds is 9. The van der Waals surface area contributed by atoms with E-state index in [4.69, 9.17) is 4.74 Å². The highest BCUT2D eigenvalue weighted by molar-refractivity contribution is 5.96. The minimum absolute atomic E-state index is 0.0532. The number of cyclic esters (lactones) is 1. The predicted octanol–water partition coefficient (Wildman–Crippen LogP) is 6.96. The maximum absolute atomic E-state index is 14.7. The topological polar surface area (TPSA) is 136 Å². The summed E-state index contributed by atoms with van der Waals surface area (Å²) in [5, 5.41) is 17.0. The van der Waals surface area contributed by atoms with Crippen LogP contribution in [0.25, 0.3) is 33.3 Å². The first kappa shape index (κ1) is 45.6. The number of aryl methyl sites for hydroxylation is 3. The van der Waals surface area contributed by atoms with E-state index in [0.29, 0.717) is 51.0 Å². The van der Waals surface area contributed by atoms with Crippen LogP contribution in [0.4, 0.5) is 0 Å². The van der Waals surface area contributed by atoms with Crippen LogP contribution in [0.1, 0.15) is 76.1 Å². The second kappa shape index (κ2) is 18.7. The second-order valence-corrected chi connectivity index (χ2v) is 19.3. The molecule has 63 heavy (non-hydrogen) atoms. The van der Waals surface area contributed by atoms with Crippen LogP contribution in [0.2, 0.25) is 0 Å². The number of hydrogen-bond acceptors (Lipinski definition) is 8. The van der Waals surface area contributed by atoms with Gasteiger partial charge in [0.15, 0.2) is 0 Å². The van der Waals surface area contributed by atoms with E-state index in [2.05, 4.69) is 92.9 Å². The highest BCUT2D eigenvalue weighted by Gasteiger charge is 2.38. The zero-order chi connectivity index (χ0) is 45.3. The lowest BCUT2D eigenvalue weighted by molar-refractivity contribution is -0.155. The van der Waals surface area contributed by atoms with Gasteiger partial charge >= 0.3 is 5.97 Å². The maximum Gasteiger partial charge on any atom is 0.324 e. The molecular weight excluding hydrogens is 793 g/mol. The molecule has 1 aromatic heterocycles. The Morgan fingerprint density at radius 2 is 1.79 bits per heavy atom. The fourth-order valence-corrected chi connectivity index (χ4v) is 10.3. The largest absolute Gasteiger partial charge is 0.508 e. The van der Waals surface area contributed by atoms with Crippen molar-refractivity contribution in [3.05, 3.63) is 89.5 Å². The van der Waals surface area contributed by atoms with Crippen LogP contribution in [-0.4, -0.2) is 106 Å². The molecule has 4 heterocycles. The average molecular weight is 859 g/mol. The third kappa shape index (κ3) is 9.72. The summed E-state index contributed by atoms with van der Waals surface area (Å²) in [4.78, 5) is 59.2. The summed E-state index contributed by atoms with van der Waals surface area (Å²) in [6.07, 6.45) is 3.96. The Labute approximate surface area is 372 Å². The van der Waals surface area contributed by atoms with E-state index < -0.39 is 29.5 Å². The number of carbonyl (C=O) groups excluding carboxylic acids is 4. The molecule has 2 saturated heterocycles. The van der Waals surface area contributed by atoms with Crippen LogP contribution in [0.5, 0.6) is 5.75 Å². The number of benzene rings is 3. The van der Waals surface area contributed by atoms with Gasteiger partial charge in [-0.25, -0.2) is 5.43 Å². The van der Waals surface area contributed by atoms with Crippen molar-refractivity contribution >= 4 is 34.6 Å². The Balaban J connectivity index is 1.29. The van der Waals surface area contributed by atoms with Gasteiger partial charge in [0.2, 0.25) is 11.8 Å². The van der Waals surface area contributed by atoms with E-state index in [0.717, 1.165) is 40.7 Å². The molecule has 0 radical (unpaired) electrons. The molecule has 3 amide bonds. The van der Waals surface area contributed by atoms with E-state index in [-0.39, 0.29) is 48.3 Å². The number of hydrogen-bond donors (Lipinski definition) is 3. The van der Waals surface area contributed by atoms with Gasteiger partial charge in [0.25, 0.3) is 5.91 Å². The summed E-state index contributed by atoms with van der Waals surface area (Å²) in [6, 6.07) is 15.9. The van der Waals surface area contributed by atoms with Gasteiger partial charge in [0.05, 0.1) is 18.3 Å². The highest BCUT2D eigenvalue weighted by atomic mass is 16.5. The number of hydrazine groups is 1. The van der Waals surface area contributed by atoms with Crippen LogP contribution in [-0.2, 0) is 43.3 Å². The van der Waals surface area contributed by atoms with Crippen LogP contribution in [0.3, 0.4) is 0 Å². The molecule has 3 N–H and O–H groups in total.